The Morgan fingerprint density at radius 1 is 0.500 bits per heavy atom. The highest BCUT2D eigenvalue weighted by Gasteiger charge is 2.01. The van der Waals surface area contributed by atoms with Crippen molar-refractivity contribution in [3.63, 3.8) is 0 Å². The molecule has 24 heavy (non-hydrogen) atoms. The van der Waals surface area contributed by atoms with Gasteiger partial charge in [-0.3, -0.25) is 0 Å². The van der Waals surface area contributed by atoms with Gasteiger partial charge in [0.1, 0.15) is 0 Å². The van der Waals surface area contributed by atoms with E-state index < -0.39 is 0 Å². The first-order valence-corrected chi connectivity index (χ1v) is 8.30. The highest BCUT2D eigenvalue weighted by molar-refractivity contribution is 5.68. The molecule has 0 aromatic heterocycles. The van der Waals surface area contributed by atoms with Gasteiger partial charge in [-0.25, -0.2) is 0 Å². The summed E-state index contributed by atoms with van der Waals surface area (Å²) >= 11 is 0. The molecule has 3 rings (SSSR count). The Bertz CT molecular complexity index is 848. The van der Waals surface area contributed by atoms with Crippen LogP contribution in [0.2, 0.25) is 0 Å². The normalized spacial score (nSPS) is 10.5. The van der Waals surface area contributed by atoms with Gasteiger partial charge in [-0.1, -0.05) is 18.2 Å². The Morgan fingerprint density at radius 3 is 1.75 bits per heavy atom. The molecule has 0 heterocycles. The smallest absolute Gasteiger partial charge is 0.0416 e. The minimum absolute atomic E-state index is 1.09. The van der Waals surface area contributed by atoms with Crippen molar-refractivity contribution in [3.05, 3.63) is 82.9 Å². The number of nitrogens with one attached hydrogen (secondary N) is 2. The Kier molecular flexibility index (Phi) is 4.57. The van der Waals surface area contributed by atoms with Gasteiger partial charge in [0.25, 0.3) is 0 Å². The molecule has 0 saturated carbocycles. The van der Waals surface area contributed by atoms with Gasteiger partial charge >= 0.3 is 0 Å². The van der Waals surface area contributed by atoms with E-state index in [1.165, 1.54) is 22.3 Å². The van der Waals surface area contributed by atoms with E-state index in [9.17, 15) is 0 Å². The molecule has 3 aromatic rings. The van der Waals surface area contributed by atoms with Crippen molar-refractivity contribution in [1.29, 1.82) is 0 Å². The maximum Gasteiger partial charge on any atom is 0.0416 e. The Morgan fingerprint density at radius 2 is 1.08 bits per heavy atom. The second-order valence-electron chi connectivity index (χ2n) is 6.44. The Hall–Kier alpha value is -2.74. The highest BCUT2D eigenvalue weighted by Crippen LogP contribution is 2.25. The molecular weight excluding hydrogens is 292 g/mol. The standard InChI is InChI=1S/C22H24N2/c1-15-5-6-17(3)22(13-15)24-20-11-9-19(10-12-20)23-21-8-7-16(2)18(4)14-21/h5-14,23-24H,1-4H3. The summed E-state index contributed by atoms with van der Waals surface area (Å²) in [5, 5.41) is 6.95. The van der Waals surface area contributed by atoms with Crippen molar-refractivity contribution in [2.45, 2.75) is 27.7 Å². The second-order valence-corrected chi connectivity index (χ2v) is 6.44. The number of hydrogen-bond acceptors (Lipinski definition) is 2. The van der Waals surface area contributed by atoms with Crippen LogP contribution in [-0.4, -0.2) is 0 Å². The Labute approximate surface area is 144 Å². The van der Waals surface area contributed by atoms with Crippen LogP contribution < -0.4 is 10.6 Å². The molecule has 0 spiro atoms. The van der Waals surface area contributed by atoms with Gasteiger partial charge in [-0.15, -0.1) is 0 Å². The fraction of sp³-hybridized carbons (Fsp3) is 0.182. The topological polar surface area (TPSA) is 24.1 Å². The third-order valence-electron chi connectivity index (χ3n) is 4.35. The number of rotatable bonds is 4. The van der Waals surface area contributed by atoms with Gasteiger partial charge in [-0.2, -0.15) is 0 Å². The van der Waals surface area contributed by atoms with Gasteiger partial charge in [0, 0.05) is 22.7 Å². The van der Waals surface area contributed by atoms with Gasteiger partial charge in [-0.05, 0) is 92.4 Å². The first kappa shape index (κ1) is 16.1. The zero-order valence-corrected chi connectivity index (χ0v) is 14.8. The summed E-state index contributed by atoms with van der Waals surface area (Å²) in [6.45, 7) is 8.50. The van der Waals surface area contributed by atoms with E-state index in [0.29, 0.717) is 0 Å². The molecule has 122 valence electrons. The van der Waals surface area contributed by atoms with Crippen molar-refractivity contribution in [2.24, 2.45) is 0 Å². The molecule has 3 aromatic carbocycles. The van der Waals surface area contributed by atoms with Gasteiger partial charge in [0.05, 0.1) is 0 Å². The van der Waals surface area contributed by atoms with Crippen LogP contribution in [0.3, 0.4) is 0 Å². The van der Waals surface area contributed by atoms with E-state index in [1.54, 1.807) is 0 Å². The fourth-order valence-electron chi connectivity index (χ4n) is 2.65. The van der Waals surface area contributed by atoms with E-state index in [0.717, 1.165) is 22.7 Å². The summed E-state index contributed by atoms with van der Waals surface area (Å²) in [7, 11) is 0. The predicted molar refractivity (Wildman–Crippen MR) is 105 cm³/mol. The third kappa shape index (κ3) is 3.77. The first-order valence-electron chi connectivity index (χ1n) is 8.30. The second kappa shape index (κ2) is 6.79. The van der Waals surface area contributed by atoms with E-state index >= 15 is 0 Å². The highest BCUT2D eigenvalue weighted by atomic mass is 14.9. The molecule has 2 heteroatoms. The summed E-state index contributed by atoms with van der Waals surface area (Å²) in [6.07, 6.45) is 0. The van der Waals surface area contributed by atoms with Gasteiger partial charge in [0.2, 0.25) is 0 Å². The summed E-state index contributed by atoms with van der Waals surface area (Å²) in [4.78, 5) is 0. The van der Waals surface area contributed by atoms with E-state index in [1.807, 2.05) is 0 Å². The molecule has 0 aliphatic carbocycles. The average molecular weight is 316 g/mol. The molecular formula is C22H24N2. The van der Waals surface area contributed by atoms with Crippen LogP contribution >= 0.6 is 0 Å². The molecule has 0 bridgehead atoms. The van der Waals surface area contributed by atoms with E-state index in [-0.39, 0.29) is 0 Å². The lowest BCUT2D eigenvalue weighted by molar-refractivity contribution is 1.34. The van der Waals surface area contributed by atoms with Crippen LogP contribution in [0.1, 0.15) is 22.3 Å². The van der Waals surface area contributed by atoms with Crippen molar-refractivity contribution < 1.29 is 0 Å². The number of hydrogen-bond donors (Lipinski definition) is 2. The number of benzene rings is 3. The van der Waals surface area contributed by atoms with Crippen LogP contribution in [0.5, 0.6) is 0 Å². The molecule has 0 amide bonds. The minimum atomic E-state index is 1.09. The van der Waals surface area contributed by atoms with Crippen LogP contribution in [0.15, 0.2) is 60.7 Å². The van der Waals surface area contributed by atoms with Crippen LogP contribution in [-0.2, 0) is 0 Å². The molecule has 0 unspecified atom stereocenters. The van der Waals surface area contributed by atoms with Crippen LogP contribution in [0, 0.1) is 27.7 Å². The summed E-state index contributed by atoms with van der Waals surface area (Å²) in [5.41, 5.74) is 9.58. The lowest BCUT2D eigenvalue weighted by atomic mass is 10.1. The van der Waals surface area contributed by atoms with Crippen LogP contribution in [0.4, 0.5) is 22.7 Å². The van der Waals surface area contributed by atoms with E-state index in [4.69, 9.17) is 0 Å². The minimum Gasteiger partial charge on any atom is -0.356 e. The molecule has 2 nitrogen and oxygen atoms in total. The quantitative estimate of drug-likeness (QED) is 0.581. The van der Waals surface area contributed by atoms with Crippen molar-refractivity contribution in [1.82, 2.24) is 0 Å². The third-order valence-corrected chi connectivity index (χ3v) is 4.35. The van der Waals surface area contributed by atoms with Crippen molar-refractivity contribution >= 4 is 22.7 Å². The monoisotopic (exact) mass is 316 g/mol. The molecule has 0 aliphatic rings. The van der Waals surface area contributed by atoms with E-state index in [2.05, 4.69) is 99.0 Å². The molecule has 0 radical (unpaired) electrons. The molecule has 0 aliphatic heterocycles. The zero-order valence-electron chi connectivity index (χ0n) is 14.8. The fourth-order valence-corrected chi connectivity index (χ4v) is 2.65. The first-order chi connectivity index (χ1) is 11.5. The van der Waals surface area contributed by atoms with Crippen molar-refractivity contribution in [3.8, 4) is 0 Å². The summed E-state index contributed by atoms with van der Waals surface area (Å²) in [6, 6.07) is 21.3. The average Bonchev–Trinajstić information content (AvgIpc) is 2.56. The molecule has 0 fully saturated rings. The number of aryl methyl sites for hydroxylation is 4. The SMILES string of the molecule is Cc1ccc(C)c(Nc2ccc(Nc3ccc(C)c(C)c3)cc2)c1. The predicted octanol–water partition coefficient (Wildman–Crippen LogP) is 6.41. The lowest BCUT2D eigenvalue weighted by Crippen LogP contribution is -1.95. The zero-order chi connectivity index (χ0) is 17.1. The molecule has 2 N–H and O–H groups in total. The molecule has 0 saturated heterocycles. The summed E-state index contributed by atoms with van der Waals surface area (Å²) in [5.74, 6) is 0. The lowest BCUT2D eigenvalue weighted by Gasteiger charge is -2.12. The maximum absolute atomic E-state index is 3.49. The number of anilines is 4. The largest absolute Gasteiger partial charge is 0.356 e. The Balaban J connectivity index is 1.73. The summed E-state index contributed by atoms with van der Waals surface area (Å²) < 4.78 is 0. The van der Waals surface area contributed by atoms with Gasteiger partial charge < -0.3 is 10.6 Å². The van der Waals surface area contributed by atoms with Crippen molar-refractivity contribution in [2.75, 3.05) is 10.6 Å². The molecule has 0 atom stereocenters. The van der Waals surface area contributed by atoms with Crippen LogP contribution in [0.25, 0.3) is 0 Å². The van der Waals surface area contributed by atoms with Gasteiger partial charge in [0.15, 0.2) is 0 Å². The maximum atomic E-state index is 3.49.